The second-order valence-corrected chi connectivity index (χ2v) is 7.84. The molecule has 0 radical (unpaired) electrons. The van der Waals surface area contributed by atoms with Gasteiger partial charge >= 0.3 is 11.9 Å². The van der Waals surface area contributed by atoms with Gasteiger partial charge in [0, 0.05) is 17.5 Å². The van der Waals surface area contributed by atoms with Crippen molar-refractivity contribution in [2.24, 2.45) is 0 Å². The van der Waals surface area contributed by atoms with Crippen molar-refractivity contribution >= 4 is 29.3 Å². The number of ether oxygens (including phenoxy) is 2. The average molecular weight is 494 g/mol. The number of halogens is 1. The number of methoxy groups -OCH3 is 2. The Morgan fingerprint density at radius 1 is 0.971 bits per heavy atom. The Kier molecular flexibility index (Phi) is 7.02. The Hall–Kier alpha value is -4.31. The molecule has 35 heavy (non-hydrogen) atoms. The lowest BCUT2D eigenvalue weighted by Gasteiger charge is -2.07. The Morgan fingerprint density at radius 3 is 2.34 bits per heavy atom. The fraction of sp³-hybridized carbons (Fsp3) is 0.167. The summed E-state index contributed by atoms with van der Waals surface area (Å²) in [4.78, 5) is 44.0. The van der Waals surface area contributed by atoms with E-state index in [0.717, 1.165) is 5.56 Å². The zero-order valence-corrected chi connectivity index (χ0v) is 19.6. The largest absolute Gasteiger partial charge is 0.465 e. The van der Waals surface area contributed by atoms with Gasteiger partial charge in [-0.3, -0.25) is 4.79 Å². The number of carbonyl (C=O) groups is 3. The minimum absolute atomic E-state index is 0.0900. The van der Waals surface area contributed by atoms with E-state index < -0.39 is 11.9 Å². The quantitative estimate of drug-likeness (QED) is 0.293. The van der Waals surface area contributed by atoms with Crippen molar-refractivity contribution in [3.63, 3.8) is 0 Å². The summed E-state index contributed by atoms with van der Waals surface area (Å²) in [6.45, 7) is 0.239. The predicted octanol–water partition coefficient (Wildman–Crippen LogP) is 3.10. The van der Waals surface area contributed by atoms with Crippen LogP contribution in [0, 0.1) is 0 Å². The van der Waals surface area contributed by atoms with Gasteiger partial charge in [0.15, 0.2) is 16.6 Å². The molecule has 0 aliphatic carbocycles. The number of esters is 2. The number of aromatic amines is 1. The summed E-state index contributed by atoms with van der Waals surface area (Å²) < 4.78 is 10.8. The summed E-state index contributed by atoms with van der Waals surface area (Å²) >= 11 is 6.27. The van der Waals surface area contributed by atoms with E-state index in [0.29, 0.717) is 23.5 Å². The monoisotopic (exact) mass is 493 g/mol. The lowest BCUT2D eigenvalue weighted by atomic mass is 9.97. The molecule has 0 saturated heterocycles. The summed E-state index contributed by atoms with van der Waals surface area (Å²) in [7, 11) is 2.54. The van der Waals surface area contributed by atoms with E-state index >= 15 is 0 Å². The molecule has 0 aliphatic rings. The van der Waals surface area contributed by atoms with E-state index in [2.05, 4.69) is 25.0 Å². The molecule has 1 N–H and O–H groups in total. The molecular weight excluding hydrogens is 474 g/mol. The minimum atomic E-state index is -0.580. The fourth-order valence-corrected chi connectivity index (χ4v) is 3.66. The number of nitrogens with one attached hydrogen (secondary N) is 1. The highest BCUT2D eigenvalue weighted by atomic mass is 35.5. The fourth-order valence-electron chi connectivity index (χ4n) is 3.46. The number of benzene rings is 2. The lowest BCUT2D eigenvalue weighted by molar-refractivity contribution is 0.0587. The van der Waals surface area contributed by atoms with E-state index in [1.165, 1.54) is 25.1 Å². The average Bonchev–Trinajstić information content (AvgIpc) is 3.49. The van der Waals surface area contributed by atoms with Crippen LogP contribution in [0.5, 0.6) is 0 Å². The molecule has 4 rings (SSSR count). The highest BCUT2D eigenvalue weighted by molar-refractivity contribution is 6.30. The van der Waals surface area contributed by atoms with E-state index in [1.807, 2.05) is 12.1 Å². The lowest BCUT2D eigenvalue weighted by Crippen LogP contribution is -2.11. The summed E-state index contributed by atoms with van der Waals surface area (Å²) in [6.07, 6.45) is 1.90. The van der Waals surface area contributed by atoms with Gasteiger partial charge in [-0.05, 0) is 11.6 Å². The zero-order chi connectivity index (χ0) is 24.9. The molecule has 0 fully saturated rings. The number of nitrogens with zero attached hydrogens (tertiary/aromatic N) is 4. The summed E-state index contributed by atoms with van der Waals surface area (Å²) in [6, 6.07) is 13.5. The van der Waals surface area contributed by atoms with Crippen molar-refractivity contribution < 1.29 is 23.9 Å². The summed E-state index contributed by atoms with van der Waals surface area (Å²) in [5.74, 6) is -0.805. The van der Waals surface area contributed by atoms with Crippen molar-refractivity contribution in [2.75, 3.05) is 14.2 Å². The topological polar surface area (TPSA) is 129 Å². The van der Waals surface area contributed by atoms with Crippen molar-refractivity contribution in [1.29, 1.82) is 0 Å². The zero-order valence-electron chi connectivity index (χ0n) is 18.8. The minimum Gasteiger partial charge on any atom is -0.465 e. The van der Waals surface area contributed by atoms with E-state index in [-0.39, 0.29) is 34.3 Å². The smallest absolute Gasteiger partial charge is 0.360 e. The van der Waals surface area contributed by atoms with Crippen LogP contribution in [0.25, 0.3) is 0 Å². The van der Waals surface area contributed by atoms with Crippen LogP contribution in [-0.4, -0.2) is 56.9 Å². The third-order valence-corrected chi connectivity index (χ3v) is 5.51. The number of imidazole rings is 1. The van der Waals surface area contributed by atoms with Crippen molar-refractivity contribution in [3.05, 3.63) is 99.3 Å². The maximum atomic E-state index is 13.0. The van der Waals surface area contributed by atoms with Crippen LogP contribution in [0.1, 0.15) is 53.8 Å². The van der Waals surface area contributed by atoms with Crippen LogP contribution in [0.3, 0.4) is 0 Å². The van der Waals surface area contributed by atoms with Gasteiger partial charge in [0.2, 0.25) is 0 Å². The number of H-pyrrole nitrogens is 1. The van der Waals surface area contributed by atoms with Gasteiger partial charge in [-0.25, -0.2) is 19.3 Å². The van der Waals surface area contributed by atoms with Crippen LogP contribution < -0.4 is 0 Å². The van der Waals surface area contributed by atoms with Gasteiger partial charge in [-0.2, -0.15) is 0 Å². The first-order chi connectivity index (χ1) is 16.9. The molecule has 2 aromatic carbocycles. The molecule has 11 heteroatoms. The van der Waals surface area contributed by atoms with Crippen LogP contribution in [-0.2, 0) is 22.4 Å². The molecule has 178 valence electrons. The Morgan fingerprint density at radius 2 is 1.66 bits per heavy atom. The second-order valence-electron chi connectivity index (χ2n) is 7.49. The van der Waals surface area contributed by atoms with Crippen LogP contribution in [0.4, 0.5) is 0 Å². The van der Waals surface area contributed by atoms with Gasteiger partial charge in [0.25, 0.3) is 0 Å². The van der Waals surface area contributed by atoms with Gasteiger partial charge in [-0.1, -0.05) is 59.3 Å². The first kappa shape index (κ1) is 23.8. The summed E-state index contributed by atoms with van der Waals surface area (Å²) in [5.41, 5.74) is 2.52. The van der Waals surface area contributed by atoms with Gasteiger partial charge in [-0.15, -0.1) is 5.10 Å². The van der Waals surface area contributed by atoms with Crippen molar-refractivity contribution in [1.82, 2.24) is 25.0 Å². The molecule has 0 amide bonds. The van der Waals surface area contributed by atoms with E-state index in [1.54, 1.807) is 36.4 Å². The third kappa shape index (κ3) is 5.28. The summed E-state index contributed by atoms with van der Waals surface area (Å²) in [5, 5.41) is 7.93. The van der Waals surface area contributed by atoms with Gasteiger partial charge in [0.1, 0.15) is 5.82 Å². The number of rotatable bonds is 8. The van der Waals surface area contributed by atoms with E-state index in [4.69, 9.17) is 16.3 Å². The second kappa shape index (κ2) is 10.3. The number of hydrogen-bond acceptors (Lipinski definition) is 8. The molecule has 2 heterocycles. The maximum absolute atomic E-state index is 13.0. The Bertz CT molecular complexity index is 1390. The third-order valence-electron chi connectivity index (χ3n) is 5.20. The standard InChI is InChI=1S/C24H20ClN5O5/c1-34-23(32)17-6-4-3-5-16(17)21(31)15-9-7-14(8-10-15)11-20-26-18(22(25)27-20)12-30-13-19(28-29-30)24(33)35-2/h3-10,13H,11-12H2,1-2H3,(H,26,27). The first-order valence-corrected chi connectivity index (χ1v) is 10.8. The molecule has 0 spiro atoms. The Labute approximate surface area is 204 Å². The number of aromatic nitrogens is 5. The van der Waals surface area contributed by atoms with Crippen LogP contribution in [0.2, 0.25) is 5.15 Å². The number of hydrogen-bond donors (Lipinski definition) is 1. The molecule has 4 aromatic rings. The molecule has 0 saturated carbocycles. The molecule has 10 nitrogen and oxygen atoms in total. The first-order valence-electron chi connectivity index (χ1n) is 10.4. The van der Waals surface area contributed by atoms with Crippen LogP contribution in [0.15, 0.2) is 54.7 Å². The highest BCUT2D eigenvalue weighted by Gasteiger charge is 2.19. The normalized spacial score (nSPS) is 10.7. The molecular formula is C24H20ClN5O5. The molecule has 0 atom stereocenters. The SMILES string of the molecule is COC(=O)c1cn(Cc2[nH]c(Cc3ccc(C(=O)c4ccccc4C(=O)OC)cc3)nc2Cl)nn1. The van der Waals surface area contributed by atoms with E-state index in [9.17, 15) is 14.4 Å². The van der Waals surface area contributed by atoms with Crippen molar-refractivity contribution in [3.8, 4) is 0 Å². The number of ketones is 1. The van der Waals surface area contributed by atoms with Gasteiger partial charge < -0.3 is 14.5 Å². The number of carbonyl (C=O) groups excluding carboxylic acids is 3. The predicted molar refractivity (Wildman–Crippen MR) is 125 cm³/mol. The molecule has 2 aromatic heterocycles. The van der Waals surface area contributed by atoms with Gasteiger partial charge in [0.05, 0.1) is 38.2 Å². The maximum Gasteiger partial charge on any atom is 0.360 e. The van der Waals surface area contributed by atoms with Crippen LogP contribution >= 0.6 is 11.6 Å². The van der Waals surface area contributed by atoms with Crippen molar-refractivity contribution in [2.45, 2.75) is 13.0 Å². The molecule has 0 aliphatic heterocycles. The molecule has 0 bridgehead atoms. The Balaban J connectivity index is 1.46. The molecule has 0 unspecified atom stereocenters. The highest BCUT2D eigenvalue weighted by Crippen LogP contribution is 2.19.